The summed E-state index contributed by atoms with van der Waals surface area (Å²) in [5.74, 6) is 0.941. The summed E-state index contributed by atoms with van der Waals surface area (Å²) < 4.78 is 5.88. The summed E-state index contributed by atoms with van der Waals surface area (Å²) in [5, 5.41) is 3.48. The zero-order chi connectivity index (χ0) is 17.6. The molecule has 0 aliphatic carbocycles. The quantitative estimate of drug-likeness (QED) is 0.767. The monoisotopic (exact) mass is 423 g/mol. The third-order valence-electron chi connectivity index (χ3n) is 5.54. The van der Waals surface area contributed by atoms with Crippen LogP contribution < -0.4 is 10.1 Å². The lowest BCUT2D eigenvalue weighted by Crippen LogP contribution is -2.50. The van der Waals surface area contributed by atoms with Crippen molar-refractivity contribution in [2.45, 2.75) is 25.6 Å². The highest BCUT2D eigenvalue weighted by molar-refractivity contribution is 5.85. The third kappa shape index (κ3) is 6.36. The Kier molecular flexibility index (Phi) is 9.56. The highest BCUT2D eigenvalue weighted by Crippen LogP contribution is 2.17. The van der Waals surface area contributed by atoms with E-state index in [1.807, 2.05) is 18.2 Å². The SMILES string of the molecule is Cl.Cl.c1ccc(COc2ccc(CN3CCN(C4CCNC4)CC3)cc2)cc1. The molecule has 154 valence electrons. The Labute approximate surface area is 181 Å². The summed E-state index contributed by atoms with van der Waals surface area (Å²) >= 11 is 0. The van der Waals surface area contributed by atoms with Crippen molar-refractivity contribution in [3.63, 3.8) is 0 Å². The van der Waals surface area contributed by atoms with E-state index in [0.29, 0.717) is 6.61 Å². The zero-order valence-electron chi connectivity index (χ0n) is 16.3. The van der Waals surface area contributed by atoms with Crippen LogP contribution in [0.5, 0.6) is 5.75 Å². The van der Waals surface area contributed by atoms with Gasteiger partial charge in [-0.3, -0.25) is 9.80 Å². The Balaban J connectivity index is 0.00000140. The first-order valence-corrected chi connectivity index (χ1v) is 9.79. The van der Waals surface area contributed by atoms with Crippen LogP contribution in [0.15, 0.2) is 54.6 Å². The Morgan fingerprint density at radius 2 is 1.57 bits per heavy atom. The van der Waals surface area contributed by atoms with E-state index in [-0.39, 0.29) is 24.8 Å². The largest absolute Gasteiger partial charge is 0.489 e. The molecule has 2 aromatic rings. The fourth-order valence-electron chi connectivity index (χ4n) is 3.93. The average molecular weight is 424 g/mol. The van der Waals surface area contributed by atoms with Gasteiger partial charge in [-0.1, -0.05) is 42.5 Å². The van der Waals surface area contributed by atoms with Crippen LogP contribution in [0.1, 0.15) is 17.5 Å². The lowest BCUT2D eigenvalue weighted by atomic mass is 10.1. The normalized spacial score (nSPS) is 20.2. The van der Waals surface area contributed by atoms with Gasteiger partial charge in [0.1, 0.15) is 12.4 Å². The van der Waals surface area contributed by atoms with Gasteiger partial charge in [-0.05, 0) is 36.2 Å². The van der Waals surface area contributed by atoms with E-state index in [1.54, 1.807) is 0 Å². The molecule has 2 heterocycles. The first kappa shape index (κ1) is 23.0. The average Bonchev–Trinajstić information content (AvgIpc) is 3.24. The molecule has 4 nitrogen and oxygen atoms in total. The number of rotatable bonds is 6. The molecule has 2 aromatic carbocycles. The van der Waals surface area contributed by atoms with Crippen LogP contribution >= 0.6 is 24.8 Å². The maximum absolute atomic E-state index is 5.88. The Bertz CT molecular complexity index is 670. The van der Waals surface area contributed by atoms with E-state index in [1.165, 1.54) is 56.8 Å². The number of nitrogens with one attached hydrogen (secondary N) is 1. The van der Waals surface area contributed by atoms with Crippen LogP contribution in [-0.2, 0) is 13.2 Å². The molecule has 4 rings (SSSR count). The number of halogens is 2. The highest BCUT2D eigenvalue weighted by Gasteiger charge is 2.25. The van der Waals surface area contributed by atoms with Gasteiger partial charge in [0.25, 0.3) is 0 Å². The van der Waals surface area contributed by atoms with Crippen molar-refractivity contribution in [3.8, 4) is 5.75 Å². The van der Waals surface area contributed by atoms with Crippen molar-refractivity contribution in [1.82, 2.24) is 15.1 Å². The molecule has 0 amide bonds. The van der Waals surface area contributed by atoms with Crippen molar-refractivity contribution >= 4 is 24.8 Å². The van der Waals surface area contributed by atoms with E-state index >= 15 is 0 Å². The fourth-order valence-corrected chi connectivity index (χ4v) is 3.93. The van der Waals surface area contributed by atoms with Crippen LogP contribution in [0.4, 0.5) is 0 Å². The van der Waals surface area contributed by atoms with Gasteiger partial charge in [0.05, 0.1) is 0 Å². The first-order chi connectivity index (χ1) is 12.9. The second-order valence-electron chi connectivity index (χ2n) is 7.38. The number of hydrogen-bond donors (Lipinski definition) is 1. The molecule has 0 radical (unpaired) electrons. The van der Waals surface area contributed by atoms with E-state index in [9.17, 15) is 0 Å². The van der Waals surface area contributed by atoms with Crippen LogP contribution in [0, 0.1) is 0 Å². The number of ether oxygens (including phenoxy) is 1. The van der Waals surface area contributed by atoms with Gasteiger partial charge in [-0.25, -0.2) is 0 Å². The van der Waals surface area contributed by atoms with Gasteiger partial charge in [0.2, 0.25) is 0 Å². The molecule has 2 aliphatic rings. The van der Waals surface area contributed by atoms with Gasteiger partial charge in [0.15, 0.2) is 0 Å². The van der Waals surface area contributed by atoms with Crippen LogP contribution in [0.25, 0.3) is 0 Å². The second-order valence-corrected chi connectivity index (χ2v) is 7.38. The molecule has 0 spiro atoms. The predicted octanol–water partition coefficient (Wildman–Crippen LogP) is 3.59. The summed E-state index contributed by atoms with van der Waals surface area (Å²) in [7, 11) is 0. The minimum Gasteiger partial charge on any atom is -0.489 e. The molecular weight excluding hydrogens is 393 g/mol. The molecule has 2 aliphatic heterocycles. The van der Waals surface area contributed by atoms with Crippen LogP contribution in [0.2, 0.25) is 0 Å². The highest BCUT2D eigenvalue weighted by atomic mass is 35.5. The van der Waals surface area contributed by atoms with Crippen LogP contribution in [-0.4, -0.2) is 55.1 Å². The molecule has 6 heteroatoms. The van der Waals surface area contributed by atoms with Gasteiger partial charge in [-0.15, -0.1) is 24.8 Å². The van der Waals surface area contributed by atoms with Crippen molar-refractivity contribution < 1.29 is 4.74 Å². The van der Waals surface area contributed by atoms with Gasteiger partial charge < -0.3 is 10.1 Å². The Hall–Kier alpha value is -1.30. The molecule has 0 aromatic heterocycles. The second kappa shape index (κ2) is 11.6. The molecule has 0 bridgehead atoms. The van der Waals surface area contributed by atoms with E-state index < -0.39 is 0 Å². The summed E-state index contributed by atoms with van der Waals surface area (Å²) in [6.45, 7) is 8.75. The Morgan fingerprint density at radius 1 is 0.857 bits per heavy atom. The van der Waals surface area contributed by atoms with E-state index in [0.717, 1.165) is 18.3 Å². The maximum atomic E-state index is 5.88. The first-order valence-electron chi connectivity index (χ1n) is 9.79. The van der Waals surface area contributed by atoms with Crippen molar-refractivity contribution in [3.05, 3.63) is 65.7 Å². The molecule has 1 atom stereocenters. The molecule has 2 saturated heterocycles. The smallest absolute Gasteiger partial charge is 0.119 e. The predicted molar refractivity (Wildman–Crippen MR) is 120 cm³/mol. The lowest BCUT2D eigenvalue weighted by molar-refractivity contribution is 0.0981. The summed E-state index contributed by atoms with van der Waals surface area (Å²) in [6.07, 6.45) is 1.31. The summed E-state index contributed by atoms with van der Waals surface area (Å²) in [6, 6.07) is 19.7. The summed E-state index contributed by atoms with van der Waals surface area (Å²) in [4.78, 5) is 5.23. The van der Waals surface area contributed by atoms with Crippen molar-refractivity contribution in [1.29, 1.82) is 0 Å². The van der Waals surface area contributed by atoms with E-state index in [2.05, 4.69) is 51.5 Å². The van der Waals surface area contributed by atoms with Crippen molar-refractivity contribution in [2.24, 2.45) is 0 Å². The molecule has 1 unspecified atom stereocenters. The molecule has 28 heavy (non-hydrogen) atoms. The van der Waals surface area contributed by atoms with Gasteiger partial charge in [-0.2, -0.15) is 0 Å². The van der Waals surface area contributed by atoms with Gasteiger partial charge >= 0.3 is 0 Å². The van der Waals surface area contributed by atoms with E-state index in [4.69, 9.17) is 4.74 Å². The third-order valence-corrected chi connectivity index (χ3v) is 5.54. The minimum absolute atomic E-state index is 0. The number of piperazine rings is 1. The van der Waals surface area contributed by atoms with Crippen molar-refractivity contribution in [2.75, 3.05) is 39.3 Å². The summed E-state index contributed by atoms with van der Waals surface area (Å²) in [5.41, 5.74) is 2.57. The van der Waals surface area contributed by atoms with Gasteiger partial charge in [0, 0.05) is 45.3 Å². The topological polar surface area (TPSA) is 27.7 Å². The number of hydrogen-bond acceptors (Lipinski definition) is 4. The molecule has 2 fully saturated rings. The Morgan fingerprint density at radius 3 is 2.21 bits per heavy atom. The molecule has 0 saturated carbocycles. The standard InChI is InChI=1S/C22H29N3O.2ClH/c1-2-4-20(5-3-1)18-26-22-8-6-19(7-9-22)17-24-12-14-25(15-13-24)21-10-11-23-16-21;;/h1-9,21,23H,10-18H2;2*1H. The zero-order valence-corrected chi connectivity index (χ0v) is 17.9. The number of benzene rings is 2. The maximum Gasteiger partial charge on any atom is 0.119 e. The molecule has 1 N–H and O–H groups in total. The molecular formula is C22H31Cl2N3O. The number of nitrogens with zero attached hydrogens (tertiary/aromatic N) is 2. The fraction of sp³-hybridized carbons (Fsp3) is 0.455. The minimum atomic E-state index is 0. The van der Waals surface area contributed by atoms with Crippen LogP contribution in [0.3, 0.4) is 0 Å². The lowest BCUT2D eigenvalue weighted by Gasteiger charge is -2.37.